The fourth-order valence-corrected chi connectivity index (χ4v) is 1.91. The molecule has 0 radical (unpaired) electrons. The molecule has 1 unspecified atom stereocenters. The second-order valence-electron chi connectivity index (χ2n) is 4.53. The van der Waals surface area contributed by atoms with Gasteiger partial charge in [-0.3, -0.25) is 4.79 Å². The molecule has 1 saturated heterocycles. The van der Waals surface area contributed by atoms with Gasteiger partial charge in [0, 0.05) is 13.2 Å². The van der Waals surface area contributed by atoms with Gasteiger partial charge < -0.3 is 20.5 Å². The molecule has 2 rings (SSSR count). The van der Waals surface area contributed by atoms with E-state index in [0.29, 0.717) is 13.2 Å². The van der Waals surface area contributed by atoms with Crippen LogP contribution in [0.4, 0.5) is 15.8 Å². The van der Waals surface area contributed by atoms with E-state index >= 15 is 0 Å². The molecule has 0 aromatic heterocycles. The average molecular weight is 317 g/mol. The molecule has 21 heavy (non-hydrogen) atoms. The second kappa shape index (κ2) is 6.73. The topological polar surface area (TPSA) is 87.7 Å². The van der Waals surface area contributed by atoms with E-state index in [4.69, 9.17) is 21.4 Å². The van der Waals surface area contributed by atoms with E-state index in [9.17, 15) is 14.0 Å². The molecule has 114 valence electrons. The molecule has 1 fully saturated rings. The van der Waals surface area contributed by atoms with Gasteiger partial charge in [-0.15, -0.1) is 11.6 Å². The third-order valence-corrected chi connectivity index (χ3v) is 3.28. The van der Waals surface area contributed by atoms with Gasteiger partial charge in [0.2, 0.25) is 5.91 Å². The monoisotopic (exact) mass is 316 g/mol. The van der Waals surface area contributed by atoms with Crippen LogP contribution in [0.15, 0.2) is 12.1 Å². The number of carbonyl (C=O) groups is 2. The summed E-state index contributed by atoms with van der Waals surface area (Å²) in [4.78, 5) is 22.3. The van der Waals surface area contributed by atoms with Crippen molar-refractivity contribution in [2.75, 3.05) is 29.7 Å². The molecule has 0 saturated carbocycles. The normalized spacial score (nSPS) is 17.0. The zero-order valence-corrected chi connectivity index (χ0v) is 11.7. The summed E-state index contributed by atoms with van der Waals surface area (Å²) < 4.78 is 19.2. The fraction of sp³-hybridized carbons (Fsp3) is 0.385. The molecule has 3 N–H and O–H groups in total. The van der Waals surface area contributed by atoms with E-state index in [0.717, 1.165) is 12.5 Å². The number of carboxylic acids is 1. The molecule has 1 aromatic rings. The first-order chi connectivity index (χ1) is 10.0. The molecular formula is C13H14ClFN2O4. The number of anilines is 2. The molecule has 0 bridgehead atoms. The summed E-state index contributed by atoms with van der Waals surface area (Å²) in [5, 5.41) is 14.2. The first kappa shape index (κ1) is 15.5. The number of carboxylic acid groups (broad SMARTS) is 1. The maximum atomic E-state index is 14.0. The Morgan fingerprint density at radius 2 is 2.19 bits per heavy atom. The quantitative estimate of drug-likeness (QED) is 0.698. The van der Waals surface area contributed by atoms with E-state index < -0.39 is 17.7 Å². The lowest BCUT2D eigenvalue weighted by atomic mass is 10.1. The molecule has 6 nitrogen and oxygen atoms in total. The lowest BCUT2D eigenvalue weighted by Gasteiger charge is -2.27. The Morgan fingerprint density at radius 3 is 2.71 bits per heavy atom. The average Bonchev–Trinajstić information content (AvgIpc) is 2.39. The van der Waals surface area contributed by atoms with Gasteiger partial charge in [-0.1, -0.05) is 0 Å². The number of carbonyl (C=O) groups excluding carboxylic acids is 1. The largest absolute Gasteiger partial charge is 0.478 e. The molecule has 1 heterocycles. The van der Waals surface area contributed by atoms with Crippen LogP contribution in [0.3, 0.4) is 0 Å². The standard InChI is InChI=1S/C13H14ClFN2O4/c14-5-11(18)17-12-9(15)3-7(13(19)20)4-10(12)16-6-8-1-2-21-8/h3-4,8,16H,1-2,5-6H2,(H,17,18)(H,19,20). The minimum absolute atomic E-state index is 0.00174. The van der Waals surface area contributed by atoms with Gasteiger partial charge in [0.25, 0.3) is 0 Å². The zero-order valence-electron chi connectivity index (χ0n) is 11.0. The fourth-order valence-electron chi connectivity index (χ4n) is 1.84. The van der Waals surface area contributed by atoms with Crippen LogP contribution in [0.2, 0.25) is 0 Å². The van der Waals surface area contributed by atoms with Crippen LogP contribution in [-0.4, -0.2) is 42.1 Å². The van der Waals surface area contributed by atoms with Crippen LogP contribution in [-0.2, 0) is 9.53 Å². The SMILES string of the molecule is O=C(CCl)Nc1c(F)cc(C(=O)O)cc1NCC1CCO1. The highest BCUT2D eigenvalue weighted by molar-refractivity contribution is 6.29. The van der Waals surface area contributed by atoms with Crippen LogP contribution < -0.4 is 10.6 Å². The van der Waals surface area contributed by atoms with E-state index in [2.05, 4.69) is 10.6 Å². The summed E-state index contributed by atoms with van der Waals surface area (Å²) in [6.45, 7) is 1.07. The molecule has 0 aliphatic carbocycles. The van der Waals surface area contributed by atoms with E-state index in [-0.39, 0.29) is 28.9 Å². The number of alkyl halides is 1. The molecular weight excluding hydrogens is 303 g/mol. The predicted molar refractivity (Wildman–Crippen MR) is 75.6 cm³/mol. The lowest BCUT2D eigenvalue weighted by molar-refractivity contribution is -0.113. The van der Waals surface area contributed by atoms with Gasteiger partial charge in [0.1, 0.15) is 17.4 Å². The molecule has 1 aromatic carbocycles. The maximum Gasteiger partial charge on any atom is 0.335 e. The Labute approximate surface area is 125 Å². The molecule has 8 heteroatoms. The van der Waals surface area contributed by atoms with Gasteiger partial charge in [0.05, 0.1) is 17.4 Å². The summed E-state index contributed by atoms with van der Waals surface area (Å²) in [6.07, 6.45) is 0.871. The second-order valence-corrected chi connectivity index (χ2v) is 4.80. The van der Waals surface area contributed by atoms with E-state index in [1.807, 2.05) is 0 Å². The van der Waals surface area contributed by atoms with Gasteiger partial charge >= 0.3 is 5.97 Å². The number of aromatic carboxylic acids is 1. The first-order valence-corrected chi connectivity index (χ1v) is 6.83. The number of hydrogen-bond acceptors (Lipinski definition) is 4. The van der Waals surface area contributed by atoms with Crippen LogP contribution in [0.5, 0.6) is 0 Å². The minimum Gasteiger partial charge on any atom is -0.478 e. The summed E-state index contributed by atoms with van der Waals surface area (Å²) in [5.41, 5.74) is -0.153. The number of rotatable bonds is 6. The molecule has 0 spiro atoms. The predicted octanol–water partition coefficient (Wildman–Crippen LogP) is 1.90. The van der Waals surface area contributed by atoms with Crippen molar-refractivity contribution in [3.05, 3.63) is 23.5 Å². The van der Waals surface area contributed by atoms with Crippen molar-refractivity contribution in [1.82, 2.24) is 0 Å². The number of benzene rings is 1. The minimum atomic E-state index is -1.26. The Kier molecular flexibility index (Phi) is 4.98. The Bertz CT molecular complexity index is 563. The number of amides is 1. The smallest absolute Gasteiger partial charge is 0.335 e. The van der Waals surface area contributed by atoms with Crippen molar-refractivity contribution in [3.8, 4) is 0 Å². The van der Waals surface area contributed by atoms with Gasteiger partial charge in [0.15, 0.2) is 0 Å². The third kappa shape index (κ3) is 3.83. The summed E-state index contributed by atoms with van der Waals surface area (Å²) in [7, 11) is 0. The van der Waals surface area contributed by atoms with Crippen molar-refractivity contribution >= 4 is 34.9 Å². The van der Waals surface area contributed by atoms with Crippen LogP contribution in [0, 0.1) is 5.82 Å². The van der Waals surface area contributed by atoms with Crippen molar-refractivity contribution in [3.63, 3.8) is 0 Å². The highest BCUT2D eigenvalue weighted by Crippen LogP contribution is 2.28. The van der Waals surface area contributed by atoms with E-state index in [1.165, 1.54) is 6.07 Å². The van der Waals surface area contributed by atoms with Gasteiger partial charge in [-0.05, 0) is 18.6 Å². The first-order valence-electron chi connectivity index (χ1n) is 6.29. The highest BCUT2D eigenvalue weighted by Gasteiger charge is 2.20. The van der Waals surface area contributed by atoms with Crippen molar-refractivity contribution < 1.29 is 23.8 Å². The summed E-state index contributed by atoms with van der Waals surface area (Å²) in [5.74, 6) is -3.01. The molecule has 1 amide bonds. The highest BCUT2D eigenvalue weighted by atomic mass is 35.5. The van der Waals surface area contributed by atoms with Crippen molar-refractivity contribution in [2.24, 2.45) is 0 Å². The Balaban J connectivity index is 2.25. The Morgan fingerprint density at radius 1 is 1.48 bits per heavy atom. The summed E-state index contributed by atoms with van der Waals surface area (Å²) in [6, 6.07) is 2.10. The van der Waals surface area contributed by atoms with Crippen LogP contribution in [0.25, 0.3) is 0 Å². The zero-order chi connectivity index (χ0) is 15.4. The van der Waals surface area contributed by atoms with Gasteiger partial charge in [-0.25, -0.2) is 9.18 Å². The molecule has 1 atom stereocenters. The number of halogens is 2. The molecule has 1 aliphatic rings. The van der Waals surface area contributed by atoms with Crippen molar-refractivity contribution in [1.29, 1.82) is 0 Å². The number of nitrogens with one attached hydrogen (secondary N) is 2. The number of hydrogen-bond donors (Lipinski definition) is 3. The maximum absolute atomic E-state index is 14.0. The Hall–Kier alpha value is -1.86. The van der Waals surface area contributed by atoms with E-state index in [1.54, 1.807) is 0 Å². The van der Waals surface area contributed by atoms with Crippen LogP contribution >= 0.6 is 11.6 Å². The lowest BCUT2D eigenvalue weighted by Crippen LogP contribution is -2.33. The van der Waals surface area contributed by atoms with Gasteiger partial charge in [-0.2, -0.15) is 0 Å². The van der Waals surface area contributed by atoms with Crippen molar-refractivity contribution in [2.45, 2.75) is 12.5 Å². The molecule has 1 aliphatic heterocycles. The summed E-state index contributed by atoms with van der Waals surface area (Å²) >= 11 is 5.38. The number of ether oxygens (including phenoxy) is 1. The van der Waals surface area contributed by atoms with Crippen LogP contribution in [0.1, 0.15) is 16.8 Å². The third-order valence-electron chi connectivity index (χ3n) is 3.04.